The lowest BCUT2D eigenvalue weighted by Gasteiger charge is -2.17. The number of rotatable bonds is 4. The standard InChI is InChI=1S/C17H19FN2S/c1-3-12-6-5-7-13(4-2)16(12)20-17(21)19-15-10-8-14(18)9-11-15/h5-11H,3-4H2,1-2H3,(H2,19,20,21). The fourth-order valence-electron chi connectivity index (χ4n) is 2.21. The van der Waals surface area contributed by atoms with Gasteiger partial charge in [0.2, 0.25) is 0 Å². The second-order valence-electron chi connectivity index (χ2n) is 4.74. The Kier molecular flexibility index (Phi) is 5.28. The van der Waals surface area contributed by atoms with Crippen molar-refractivity contribution in [1.82, 2.24) is 0 Å². The molecule has 0 aromatic heterocycles. The summed E-state index contributed by atoms with van der Waals surface area (Å²) in [5, 5.41) is 6.86. The molecule has 0 fully saturated rings. The van der Waals surface area contributed by atoms with Gasteiger partial charge in [-0.2, -0.15) is 0 Å². The van der Waals surface area contributed by atoms with Crippen molar-refractivity contribution in [2.24, 2.45) is 0 Å². The minimum atomic E-state index is -0.260. The quantitative estimate of drug-likeness (QED) is 0.796. The Labute approximate surface area is 130 Å². The molecule has 0 aliphatic carbocycles. The maximum absolute atomic E-state index is 12.9. The van der Waals surface area contributed by atoms with Crippen molar-refractivity contribution in [1.29, 1.82) is 0 Å². The summed E-state index contributed by atoms with van der Waals surface area (Å²) >= 11 is 5.35. The summed E-state index contributed by atoms with van der Waals surface area (Å²) in [6, 6.07) is 12.4. The molecule has 2 nitrogen and oxygen atoms in total. The van der Waals surface area contributed by atoms with Crippen LogP contribution in [0.5, 0.6) is 0 Å². The van der Waals surface area contributed by atoms with Gasteiger partial charge in [-0.3, -0.25) is 0 Å². The number of thiocarbonyl (C=S) groups is 1. The van der Waals surface area contributed by atoms with Gasteiger partial charge in [-0.05, 0) is 60.5 Å². The van der Waals surface area contributed by atoms with E-state index in [9.17, 15) is 4.39 Å². The smallest absolute Gasteiger partial charge is 0.175 e. The lowest BCUT2D eigenvalue weighted by molar-refractivity contribution is 0.628. The van der Waals surface area contributed by atoms with E-state index in [0.29, 0.717) is 5.11 Å². The van der Waals surface area contributed by atoms with Gasteiger partial charge in [0.1, 0.15) is 5.82 Å². The predicted molar refractivity (Wildman–Crippen MR) is 91.4 cm³/mol. The van der Waals surface area contributed by atoms with Crippen LogP contribution in [0.4, 0.5) is 15.8 Å². The number of halogens is 1. The first-order valence-corrected chi connectivity index (χ1v) is 7.49. The number of benzene rings is 2. The molecule has 0 amide bonds. The van der Waals surface area contributed by atoms with Crippen LogP contribution in [0.3, 0.4) is 0 Å². The van der Waals surface area contributed by atoms with Crippen molar-refractivity contribution in [2.75, 3.05) is 10.6 Å². The maximum Gasteiger partial charge on any atom is 0.175 e. The number of hydrogen-bond donors (Lipinski definition) is 2. The van der Waals surface area contributed by atoms with Crippen molar-refractivity contribution in [2.45, 2.75) is 26.7 Å². The molecule has 2 aromatic rings. The number of hydrogen-bond acceptors (Lipinski definition) is 1. The molecule has 2 N–H and O–H groups in total. The Morgan fingerprint density at radius 2 is 1.52 bits per heavy atom. The molecule has 0 heterocycles. The molecule has 21 heavy (non-hydrogen) atoms. The van der Waals surface area contributed by atoms with Crippen LogP contribution in [0.25, 0.3) is 0 Å². The SMILES string of the molecule is CCc1cccc(CC)c1NC(=S)Nc1ccc(F)cc1. The Bertz CT molecular complexity index is 601. The monoisotopic (exact) mass is 302 g/mol. The fraction of sp³-hybridized carbons (Fsp3) is 0.235. The zero-order chi connectivity index (χ0) is 15.2. The van der Waals surface area contributed by atoms with Crippen molar-refractivity contribution in [3.8, 4) is 0 Å². The van der Waals surface area contributed by atoms with E-state index in [0.717, 1.165) is 24.2 Å². The van der Waals surface area contributed by atoms with Crippen LogP contribution in [0.2, 0.25) is 0 Å². The molecule has 0 saturated carbocycles. The molecular formula is C17H19FN2S. The molecule has 0 spiro atoms. The van der Waals surface area contributed by atoms with Crippen molar-refractivity contribution in [3.63, 3.8) is 0 Å². The van der Waals surface area contributed by atoms with E-state index in [2.05, 4.69) is 42.7 Å². The van der Waals surface area contributed by atoms with E-state index in [1.54, 1.807) is 12.1 Å². The number of anilines is 2. The van der Waals surface area contributed by atoms with Crippen molar-refractivity contribution in [3.05, 3.63) is 59.4 Å². The van der Waals surface area contributed by atoms with Crippen LogP contribution >= 0.6 is 12.2 Å². The highest BCUT2D eigenvalue weighted by Crippen LogP contribution is 2.23. The predicted octanol–water partition coefficient (Wildman–Crippen LogP) is 4.76. The minimum Gasteiger partial charge on any atom is -0.332 e. The van der Waals surface area contributed by atoms with Gasteiger partial charge in [0.15, 0.2) is 5.11 Å². The maximum atomic E-state index is 12.9. The Morgan fingerprint density at radius 1 is 0.952 bits per heavy atom. The second-order valence-corrected chi connectivity index (χ2v) is 5.15. The van der Waals surface area contributed by atoms with Gasteiger partial charge < -0.3 is 10.6 Å². The first-order chi connectivity index (χ1) is 10.1. The van der Waals surface area contributed by atoms with Crippen molar-refractivity contribution >= 4 is 28.7 Å². The molecule has 0 bridgehead atoms. The second kappa shape index (κ2) is 7.18. The normalized spacial score (nSPS) is 10.2. The lowest BCUT2D eigenvalue weighted by Crippen LogP contribution is -2.20. The summed E-state index contributed by atoms with van der Waals surface area (Å²) in [5.74, 6) is -0.260. The van der Waals surface area contributed by atoms with Gasteiger partial charge in [0.25, 0.3) is 0 Å². The molecule has 0 radical (unpaired) electrons. The van der Waals surface area contributed by atoms with Crippen LogP contribution in [0, 0.1) is 5.82 Å². The van der Waals surface area contributed by atoms with Gasteiger partial charge in [-0.1, -0.05) is 32.0 Å². The number of aryl methyl sites for hydroxylation is 2. The number of para-hydroxylation sites is 1. The summed E-state index contributed by atoms with van der Waals surface area (Å²) in [7, 11) is 0. The molecular weight excluding hydrogens is 283 g/mol. The van der Waals surface area contributed by atoms with E-state index in [4.69, 9.17) is 12.2 Å². The molecule has 2 aromatic carbocycles. The molecule has 0 saturated heterocycles. The Morgan fingerprint density at radius 3 is 2.05 bits per heavy atom. The summed E-state index contributed by atoms with van der Waals surface area (Å²) in [4.78, 5) is 0. The van der Waals surface area contributed by atoms with E-state index in [-0.39, 0.29) is 5.82 Å². The van der Waals surface area contributed by atoms with E-state index < -0.39 is 0 Å². The van der Waals surface area contributed by atoms with Crippen LogP contribution < -0.4 is 10.6 Å². The third-order valence-electron chi connectivity index (χ3n) is 3.34. The lowest BCUT2D eigenvalue weighted by atomic mass is 10.0. The van der Waals surface area contributed by atoms with Gasteiger partial charge in [0, 0.05) is 11.4 Å². The largest absolute Gasteiger partial charge is 0.332 e. The van der Waals surface area contributed by atoms with Gasteiger partial charge in [-0.15, -0.1) is 0 Å². The molecule has 2 rings (SSSR count). The molecule has 110 valence electrons. The van der Waals surface area contributed by atoms with Crippen molar-refractivity contribution < 1.29 is 4.39 Å². The third-order valence-corrected chi connectivity index (χ3v) is 3.54. The van der Waals surface area contributed by atoms with Crippen LogP contribution in [-0.2, 0) is 12.8 Å². The number of nitrogens with one attached hydrogen (secondary N) is 2. The van der Waals surface area contributed by atoms with Crippen LogP contribution in [-0.4, -0.2) is 5.11 Å². The molecule has 0 aliphatic rings. The average Bonchev–Trinajstić information content (AvgIpc) is 2.49. The van der Waals surface area contributed by atoms with Gasteiger partial charge >= 0.3 is 0 Å². The third kappa shape index (κ3) is 4.02. The van der Waals surface area contributed by atoms with Crippen LogP contribution in [0.15, 0.2) is 42.5 Å². The highest BCUT2D eigenvalue weighted by Gasteiger charge is 2.08. The summed E-state index contributed by atoms with van der Waals surface area (Å²) in [6.07, 6.45) is 1.88. The van der Waals surface area contributed by atoms with E-state index in [1.807, 2.05) is 0 Å². The zero-order valence-electron chi connectivity index (χ0n) is 12.2. The molecule has 0 aliphatic heterocycles. The first kappa shape index (κ1) is 15.4. The molecule has 4 heteroatoms. The summed E-state index contributed by atoms with van der Waals surface area (Å²) in [6.45, 7) is 4.24. The van der Waals surface area contributed by atoms with Crippen LogP contribution in [0.1, 0.15) is 25.0 Å². The fourth-order valence-corrected chi connectivity index (χ4v) is 2.43. The summed E-state index contributed by atoms with van der Waals surface area (Å²) in [5.41, 5.74) is 4.30. The Hall–Kier alpha value is -1.94. The highest BCUT2D eigenvalue weighted by atomic mass is 32.1. The zero-order valence-corrected chi connectivity index (χ0v) is 13.1. The van der Waals surface area contributed by atoms with Gasteiger partial charge in [0.05, 0.1) is 0 Å². The summed E-state index contributed by atoms with van der Waals surface area (Å²) < 4.78 is 12.9. The first-order valence-electron chi connectivity index (χ1n) is 7.08. The van der Waals surface area contributed by atoms with E-state index in [1.165, 1.54) is 23.3 Å². The molecule has 0 unspecified atom stereocenters. The van der Waals surface area contributed by atoms with E-state index >= 15 is 0 Å². The molecule has 0 atom stereocenters. The highest BCUT2D eigenvalue weighted by molar-refractivity contribution is 7.80. The minimum absolute atomic E-state index is 0.260. The Balaban J connectivity index is 2.14. The topological polar surface area (TPSA) is 24.1 Å². The average molecular weight is 302 g/mol. The van der Waals surface area contributed by atoms with Gasteiger partial charge in [-0.25, -0.2) is 4.39 Å².